The summed E-state index contributed by atoms with van der Waals surface area (Å²) in [5.74, 6) is 3.07. The van der Waals surface area contributed by atoms with Crippen LogP contribution < -0.4 is 5.32 Å². The molecule has 1 aliphatic heterocycles. The summed E-state index contributed by atoms with van der Waals surface area (Å²) in [6.45, 7) is 3.50. The molecule has 0 spiro atoms. The molecule has 15 heavy (non-hydrogen) atoms. The van der Waals surface area contributed by atoms with Crippen LogP contribution in [0.25, 0.3) is 0 Å². The first-order valence-electron chi connectivity index (χ1n) is 6.31. The van der Waals surface area contributed by atoms with E-state index in [9.17, 15) is 4.79 Å². The van der Waals surface area contributed by atoms with Crippen molar-refractivity contribution in [2.24, 2.45) is 17.8 Å². The molecule has 1 saturated heterocycles. The van der Waals surface area contributed by atoms with Gasteiger partial charge in [0.05, 0.1) is 6.54 Å². The van der Waals surface area contributed by atoms with Crippen molar-refractivity contribution < 1.29 is 4.79 Å². The first-order valence-corrected chi connectivity index (χ1v) is 6.31. The highest BCUT2D eigenvalue weighted by molar-refractivity contribution is 5.79. The lowest BCUT2D eigenvalue weighted by atomic mass is 9.88. The van der Waals surface area contributed by atoms with Gasteiger partial charge in [0, 0.05) is 19.6 Å². The summed E-state index contributed by atoms with van der Waals surface area (Å²) in [4.78, 5) is 13.7. The molecule has 3 fully saturated rings. The monoisotopic (exact) mass is 208 g/mol. The van der Waals surface area contributed by atoms with Gasteiger partial charge in [-0.25, -0.2) is 0 Å². The number of amides is 1. The van der Waals surface area contributed by atoms with Gasteiger partial charge in [-0.15, -0.1) is 0 Å². The van der Waals surface area contributed by atoms with Gasteiger partial charge in [-0.1, -0.05) is 6.42 Å². The van der Waals surface area contributed by atoms with E-state index in [1.165, 1.54) is 25.7 Å². The SMILES string of the molecule is O=C1CNCCN1CC1CC2CCC1C2. The fraction of sp³-hybridized carbons (Fsp3) is 0.917. The van der Waals surface area contributed by atoms with E-state index in [0.29, 0.717) is 12.5 Å². The minimum Gasteiger partial charge on any atom is -0.340 e. The van der Waals surface area contributed by atoms with E-state index in [4.69, 9.17) is 0 Å². The molecule has 1 N–H and O–H groups in total. The molecule has 0 aromatic heterocycles. The van der Waals surface area contributed by atoms with Crippen LogP contribution in [-0.2, 0) is 4.79 Å². The summed E-state index contributed by atoms with van der Waals surface area (Å²) in [6, 6.07) is 0. The Morgan fingerprint density at radius 2 is 2.27 bits per heavy atom. The molecule has 0 aromatic carbocycles. The van der Waals surface area contributed by atoms with Crippen molar-refractivity contribution in [2.75, 3.05) is 26.2 Å². The van der Waals surface area contributed by atoms with Crippen molar-refractivity contribution in [3.05, 3.63) is 0 Å². The number of carbonyl (C=O) groups is 1. The Bertz CT molecular complexity index is 266. The Balaban J connectivity index is 1.58. The third kappa shape index (κ3) is 1.78. The molecule has 2 bridgehead atoms. The molecule has 3 heteroatoms. The van der Waals surface area contributed by atoms with Crippen LogP contribution in [0.5, 0.6) is 0 Å². The smallest absolute Gasteiger partial charge is 0.236 e. The summed E-state index contributed by atoms with van der Waals surface area (Å²) in [5.41, 5.74) is 0. The number of hydrogen-bond donors (Lipinski definition) is 1. The maximum Gasteiger partial charge on any atom is 0.236 e. The Labute approximate surface area is 91.2 Å². The number of piperazine rings is 1. The minimum absolute atomic E-state index is 0.309. The molecule has 3 atom stereocenters. The largest absolute Gasteiger partial charge is 0.340 e. The summed E-state index contributed by atoms with van der Waals surface area (Å²) < 4.78 is 0. The molecule has 3 unspecified atom stereocenters. The second kappa shape index (κ2) is 3.78. The summed E-state index contributed by atoms with van der Waals surface area (Å²) in [5, 5.41) is 3.13. The van der Waals surface area contributed by atoms with Crippen LogP contribution in [0.15, 0.2) is 0 Å². The van der Waals surface area contributed by atoms with Gasteiger partial charge in [-0.3, -0.25) is 4.79 Å². The van der Waals surface area contributed by atoms with E-state index in [-0.39, 0.29) is 0 Å². The van der Waals surface area contributed by atoms with Crippen LogP contribution in [0.2, 0.25) is 0 Å². The molecule has 0 radical (unpaired) electrons. The lowest BCUT2D eigenvalue weighted by molar-refractivity contribution is -0.132. The van der Waals surface area contributed by atoms with Gasteiger partial charge >= 0.3 is 0 Å². The maximum absolute atomic E-state index is 11.7. The first-order chi connectivity index (χ1) is 7.33. The van der Waals surface area contributed by atoms with Crippen LogP contribution in [0.1, 0.15) is 25.7 Å². The van der Waals surface area contributed by atoms with E-state index in [2.05, 4.69) is 10.2 Å². The molecule has 2 saturated carbocycles. The molecular formula is C12H20N2O. The average Bonchev–Trinajstić information content (AvgIpc) is 2.83. The van der Waals surface area contributed by atoms with Crippen molar-refractivity contribution in [3.8, 4) is 0 Å². The van der Waals surface area contributed by atoms with Gasteiger partial charge in [-0.05, 0) is 37.0 Å². The van der Waals surface area contributed by atoms with E-state index in [1.54, 1.807) is 0 Å². The number of nitrogens with one attached hydrogen (secondary N) is 1. The van der Waals surface area contributed by atoms with Crippen molar-refractivity contribution in [1.29, 1.82) is 0 Å². The van der Waals surface area contributed by atoms with E-state index in [1.807, 2.05) is 0 Å². The predicted octanol–water partition coefficient (Wildman–Crippen LogP) is 0.854. The van der Waals surface area contributed by atoms with Crippen LogP contribution in [0.4, 0.5) is 0 Å². The molecule has 2 aliphatic carbocycles. The number of hydrogen-bond acceptors (Lipinski definition) is 2. The molecule has 3 nitrogen and oxygen atoms in total. The summed E-state index contributed by atoms with van der Waals surface area (Å²) in [7, 11) is 0. The zero-order chi connectivity index (χ0) is 10.3. The Hall–Kier alpha value is -0.570. The van der Waals surface area contributed by atoms with Crippen LogP contribution >= 0.6 is 0 Å². The van der Waals surface area contributed by atoms with Crippen molar-refractivity contribution >= 4 is 5.91 Å². The van der Waals surface area contributed by atoms with Crippen molar-refractivity contribution in [1.82, 2.24) is 10.2 Å². The van der Waals surface area contributed by atoms with Crippen molar-refractivity contribution in [2.45, 2.75) is 25.7 Å². The van der Waals surface area contributed by atoms with E-state index >= 15 is 0 Å². The standard InChI is InChI=1S/C12H20N2O/c15-12-7-13-3-4-14(12)8-11-6-9-1-2-10(11)5-9/h9-11,13H,1-8H2. The van der Waals surface area contributed by atoms with Gasteiger partial charge in [-0.2, -0.15) is 0 Å². The maximum atomic E-state index is 11.7. The molecule has 84 valence electrons. The highest BCUT2D eigenvalue weighted by Crippen LogP contribution is 2.48. The molecule has 3 aliphatic rings. The average molecular weight is 208 g/mol. The fourth-order valence-electron chi connectivity index (χ4n) is 3.72. The predicted molar refractivity (Wildman–Crippen MR) is 58.4 cm³/mol. The third-order valence-electron chi connectivity index (χ3n) is 4.53. The van der Waals surface area contributed by atoms with Crippen LogP contribution in [-0.4, -0.2) is 37.0 Å². The highest BCUT2D eigenvalue weighted by atomic mass is 16.2. The quantitative estimate of drug-likeness (QED) is 0.730. The van der Waals surface area contributed by atoms with E-state index in [0.717, 1.165) is 37.4 Å². The number of fused-ring (bicyclic) bond motifs is 2. The zero-order valence-electron chi connectivity index (χ0n) is 9.24. The Morgan fingerprint density at radius 1 is 1.33 bits per heavy atom. The third-order valence-corrected chi connectivity index (χ3v) is 4.53. The number of rotatable bonds is 2. The molecule has 1 amide bonds. The fourth-order valence-corrected chi connectivity index (χ4v) is 3.72. The lowest BCUT2D eigenvalue weighted by Crippen LogP contribution is -2.49. The van der Waals surface area contributed by atoms with Crippen LogP contribution in [0.3, 0.4) is 0 Å². The van der Waals surface area contributed by atoms with E-state index < -0.39 is 0 Å². The Morgan fingerprint density at radius 3 is 2.93 bits per heavy atom. The minimum atomic E-state index is 0.309. The number of carbonyl (C=O) groups excluding carboxylic acids is 1. The van der Waals surface area contributed by atoms with Gasteiger partial charge in [0.1, 0.15) is 0 Å². The second-order valence-electron chi connectivity index (χ2n) is 5.45. The molecule has 3 rings (SSSR count). The van der Waals surface area contributed by atoms with Crippen LogP contribution in [0, 0.1) is 17.8 Å². The molecule has 1 heterocycles. The van der Waals surface area contributed by atoms with Gasteiger partial charge in [0.15, 0.2) is 0 Å². The first kappa shape index (κ1) is 9.64. The Kier molecular flexibility index (Phi) is 2.43. The molecular weight excluding hydrogens is 188 g/mol. The zero-order valence-corrected chi connectivity index (χ0v) is 9.24. The topological polar surface area (TPSA) is 32.3 Å². The van der Waals surface area contributed by atoms with Gasteiger partial charge < -0.3 is 10.2 Å². The summed E-state index contributed by atoms with van der Waals surface area (Å²) in [6.07, 6.45) is 5.72. The molecule has 0 aromatic rings. The lowest BCUT2D eigenvalue weighted by Gasteiger charge is -2.32. The van der Waals surface area contributed by atoms with Crippen molar-refractivity contribution in [3.63, 3.8) is 0 Å². The normalized spacial score (nSPS) is 40.1. The van der Waals surface area contributed by atoms with Gasteiger partial charge in [0.25, 0.3) is 0 Å². The van der Waals surface area contributed by atoms with Gasteiger partial charge in [0.2, 0.25) is 5.91 Å². The summed E-state index contributed by atoms with van der Waals surface area (Å²) >= 11 is 0. The highest BCUT2D eigenvalue weighted by Gasteiger charge is 2.40. The second-order valence-corrected chi connectivity index (χ2v) is 5.45. The number of nitrogens with zero attached hydrogens (tertiary/aromatic N) is 1.